The number of pyridine rings is 1. The largest absolute Gasteiger partial charge is 0.462 e. The molecule has 0 saturated heterocycles. The molecule has 0 amide bonds. The third kappa shape index (κ3) is 2.33. The number of rotatable bonds is 3. The normalized spacial score (nSPS) is 17.0. The van der Waals surface area contributed by atoms with E-state index in [1.807, 2.05) is 0 Å². The van der Waals surface area contributed by atoms with Crippen LogP contribution in [0.4, 0.5) is 20.2 Å². The van der Waals surface area contributed by atoms with Crippen LogP contribution in [-0.2, 0) is 10.3 Å². The Morgan fingerprint density at radius 1 is 1.36 bits per heavy atom. The van der Waals surface area contributed by atoms with Crippen molar-refractivity contribution in [3.63, 3.8) is 0 Å². The molecule has 0 atom stereocenters. The highest BCUT2D eigenvalue weighted by Crippen LogP contribution is 2.48. The molecule has 2 heterocycles. The number of fused-ring (bicyclic) bond motifs is 1. The molecule has 1 aliphatic heterocycles. The fraction of sp³-hybridized carbons (Fsp3) is 0.444. The molecule has 0 bridgehead atoms. The summed E-state index contributed by atoms with van der Waals surface area (Å²) in [5.74, 6) is -4.09. The van der Waals surface area contributed by atoms with Crippen LogP contribution in [0.15, 0.2) is 11.0 Å². The number of carbonyl (C=O) groups excluding carboxylic acids is 1. The van der Waals surface area contributed by atoms with Gasteiger partial charge in [0.1, 0.15) is 10.9 Å². The van der Waals surface area contributed by atoms with Gasteiger partial charge in [-0.25, -0.2) is 9.18 Å². The second kappa shape index (κ2) is 6.25. The number of benzene rings is 1. The van der Waals surface area contributed by atoms with Gasteiger partial charge in [0.05, 0.1) is 22.7 Å². The van der Waals surface area contributed by atoms with Gasteiger partial charge in [0.15, 0.2) is 5.82 Å². The molecular formula is C18H17F2N3O5. The quantitative estimate of drug-likeness (QED) is 0.488. The molecule has 2 aromatic rings. The van der Waals surface area contributed by atoms with Crippen molar-refractivity contribution in [2.45, 2.75) is 38.1 Å². The maximum Gasteiger partial charge on any atom is 0.343 e. The number of aromatic nitrogens is 1. The lowest BCUT2D eigenvalue weighted by molar-refractivity contribution is -0.386. The molecule has 10 heteroatoms. The van der Waals surface area contributed by atoms with Gasteiger partial charge in [-0.05, 0) is 32.6 Å². The van der Waals surface area contributed by atoms with Gasteiger partial charge in [-0.2, -0.15) is 4.39 Å². The van der Waals surface area contributed by atoms with Crippen molar-refractivity contribution in [3.05, 3.63) is 43.7 Å². The monoisotopic (exact) mass is 393 g/mol. The van der Waals surface area contributed by atoms with E-state index in [-0.39, 0.29) is 17.8 Å². The molecule has 1 aromatic carbocycles. The van der Waals surface area contributed by atoms with Gasteiger partial charge in [-0.3, -0.25) is 14.9 Å². The van der Waals surface area contributed by atoms with Gasteiger partial charge in [-0.1, -0.05) is 0 Å². The molecule has 0 unspecified atom stereocenters. The number of anilines is 1. The van der Waals surface area contributed by atoms with E-state index in [2.05, 4.69) is 5.32 Å². The minimum atomic E-state index is -1.73. The molecule has 4 rings (SSSR count). The van der Waals surface area contributed by atoms with Gasteiger partial charge in [0.2, 0.25) is 11.2 Å². The zero-order chi connectivity index (χ0) is 20.2. The first kappa shape index (κ1) is 18.3. The molecule has 0 radical (unpaired) electrons. The smallest absolute Gasteiger partial charge is 0.343 e. The summed E-state index contributed by atoms with van der Waals surface area (Å²) in [7, 11) is 0. The van der Waals surface area contributed by atoms with Crippen LogP contribution >= 0.6 is 0 Å². The molecule has 1 N–H and O–H groups in total. The molecular weight excluding hydrogens is 376 g/mol. The molecule has 1 spiro atoms. The van der Waals surface area contributed by atoms with Crippen LogP contribution in [0.5, 0.6) is 0 Å². The predicted molar refractivity (Wildman–Crippen MR) is 95.7 cm³/mol. The van der Waals surface area contributed by atoms with Gasteiger partial charge >= 0.3 is 11.7 Å². The van der Waals surface area contributed by atoms with E-state index in [0.29, 0.717) is 25.8 Å². The summed E-state index contributed by atoms with van der Waals surface area (Å²) in [6.45, 7) is 1.85. The Balaban J connectivity index is 2.23. The number of carbonyl (C=O) groups is 1. The number of hydrogen-bond donors (Lipinski definition) is 1. The SMILES string of the molecule is CCOC(=O)c1cn2c3c(c(F)c(F)c([N+](=O)[O-])c3c1=O)NCCC21CCC1. The van der Waals surface area contributed by atoms with E-state index in [1.54, 1.807) is 11.5 Å². The zero-order valence-electron chi connectivity index (χ0n) is 15.0. The number of nitro groups is 1. The van der Waals surface area contributed by atoms with Gasteiger partial charge in [-0.15, -0.1) is 0 Å². The topological polar surface area (TPSA) is 103 Å². The minimum Gasteiger partial charge on any atom is -0.462 e. The number of esters is 1. The molecule has 1 saturated carbocycles. The Labute approximate surface area is 157 Å². The number of halogens is 2. The molecule has 1 fully saturated rings. The average Bonchev–Trinajstić information content (AvgIpc) is 2.78. The fourth-order valence-electron chi connectivity index (χ4n) is 4.19. The summed E-state index contributed by atoms with van der Waals surface area (Å²) in [5, 5.41) is 13.7. The second-order valence-electron chi connectivity index (χ2n) is 7.05. The Hall–Kier alpha value is -3.04. The van der Waals surface area contributed by atoms with Crippen LogP contribution < -0.4 is 10.7 Å². The third-order valence-corrected chi connectivity index (χ3v) is 5.67. The average molecular weight is 393 g/mol. The van der Waals surface area contributed by atoms with E-state index < -0.39 is 50.1 Å². The molecule has 148 valence electrons. The number of ether oxygens (including phenoxy) is 1. The number of hydrogen-bond acceptors (Lipinski definition) is 6. The van der Waals surface area contributed by atoms with E-state index >= 15 is 0 Å². The second-order valence-corrected chi connectivity index (χ2v) is 7.05. The van der Waals surface area contributed by atoms with E-state index in [9.17, 15) is 28.5 Å². The highest BCUT2D eigenvalue weighted by Gasteiger charge is 2.44. The maximum atomic E-state index is 14.7. The van der Waals surface area contributed by atoms with Crippen molar-refractivity contribution in [1.29, 1.82) is 0 Å². The first-order valence-electron chi connectivity index (χ1n) is 8.98. The summed E-state index contributed by atoms with van der Waals surface area (Å²) in [6.07, 6.45) is 4.09. The van der Waals surface area contributed by atoms with E-state index in [4.69, 9.17) is 4.74 Å². The summed E-state index contributed by atoms with van der Waals surface area (Å²) < 4.78 is 35.7. The highest BCUT2D eigenvalue weighted by molar-refractivity contribution is 6.02. The third-order valence-electron chi connectivity index (χ3n) is 5.67. The lowest BCUT2D eigenvalue weighted by Gasteiger charge is -2.44. The first-order valence-corrected chi connectivity index (χ1v) is 8.98. The molecule has 2 aliphatic rings. The standard InChI is InChI=1S/C18H17F2N3O5/c1-2-28-17(25)9-8-22-15-10(16(9)24)14(23(26)27)12(20)11(19)13(15)21-7-6-18(22)4-3-5-18/h8,21H,2-7H2,1H3. The minimum absolute atomic E-state index is 0.00582. The van der Waals surface area contributed by atoms with Crippen molar-refractivity contribution >= 4 is 28.2 Å². The van der Waals surface area contributed by atoms with E-state index in [1.165, 1.54) is 6.20 Å². The van der Waals surface area contributed by atoms with Crippen molar-refractivity contribution < 1.29 is 23.2 Å². The number of nitrogens with zero attached hydrogens (tertiary/aromatic N) is 2. The Bertz CT molecular complexity index is 1090. The predicted octanol–water partition coefficient (Wildman–Crippen LogP) is 3.06. The number of nitrogens with one attached hydrogen (secondary N) is 1. The zero-order valence-corrected chi connectivity index (χ0v) is 15.0. The molecule has 1 aliphatic carbocycles. The van der Waals surface area contributed by atoms with Crippen LogP contribution in [0.25, 0.3) is 10.9 Å². The Kier molecular flexibility index (Phi) is 4.09. The van der Waals surface area contributed by atoms with E-state index in [0.717, 1.165) is 6.42 Å². The van der Waals surface area contributed by atoms with Gasteiger partial charge in [0.25, 0.3) is 0 Å². The Morgan fingerprint density at radius 2 is 2.07 bits per heavy atom. The summed E-state index contributed by atoms with van der Waals surface area (Å²) in [6, 6.07) is 0. The van der Waals surface area contributed by atoms with Crippen molar-refractivity contribution in [2.24, 2.45) is 0 Å². The highest BCUT2D eigenvalue weighted by atomic mass is 19.2. The molecule has 28 heavy (non-hydrogen) atoms. The summed E-state index contributed by atoms with van der Waals surface area (Å²) in [5.41, 5.74) is -3.64. The van der Waals surface area contributed by atoms with Crippen LogP contribution in [-0.4, -0.2) is 28.6 Å². The Morgan fingerprint density at radius 3 is 2.64 bits per heavy atom. The molecule has 1 aromatic heterocycles. The van der Waals surface area contributed by atoms with Crippen molar-refractivity contribution in [3.8, 4) is 0 Å². The summed E-state index contributed by atoms with van der Waals surface area (Å²) in [4.78, 5) is 35.7. The van der Waals surface area contributed by atoms with Crippen molar-refractivity contribution in [1.82, 2.24) is 4.57 Å². The maximum absolute atomic E-state index is 14.7. The van der Waals surface area contributed by atoms with Crippen molar-refractivity contribution in [2.75, 3.05) is 18.5 Å². The first-order chi connectivity index (χ1) is 13.3. The van der Waals surface area contributed by atoms with Crippen LogP contribution in [0.3, 0.4) is 0 Å². The fourth-order valence-corrected chi connectivity index (χ4v) is 4.19. The molecule has 8 nitrogen and oxygen atoms in total. The summed E-state index contributed by atoms with van der Waals surface area (Å²) >= 11 is 0. The lowest BCUT2D eigenvalue weighted by Crippen LogP contribution is -2.42. The van der Waals surface area contributed by atoms with Crippen LogP contribution in [0.2, 0.25) is 0 Å². The lowest BCUT2D eigenvalue weighted by atomic mass is 9.74. The van der Waals surface area contributed by atoms with Crippen LogP contribution in [0, 0.1) is 21.7 Å². The van der Waals surface area contributed by atoms with Crippen LogP contribution in [0.1, 0.15) is 43.0 Å². The van der Waals surface area contributed by atoms with Gasteiger partial charge < -0.3 is 14.6 Å². The van der Waals surface area contributed by atoms with Gasteiger partial charge in [0, 0.05) is 18.3 Å². The number of nitro benzene ring substituents is 1.